The number of nitrogens with one attached hydrogen (secondary N) is 2. The molecule has 1 fully saturated rings. The van der Waals surface area contributed by atoms with Gasteiger partial charge in [-0.25, -0.2) is 27.5 Å². The zero-order valence-corrected chi connectivity index (χ0v) is 23.1. The van der Waals surface area contributed by atoms with Crippen molar-refractivity contribution in [1.29, 1.82) is 0 Å². The topological polar surface area (TPSA) is 107 Å². The lowest BCUT2D eigenvalue weighted by Gasteiger charge is -2.40. The number of likely N-dealkylation sites (N-methyl/N-ethyl adjacent to an activating group) is 1. The Labute approximate surface area is 238 Å². The molecule has 0 radical (unpaired) electrons. The Kier molecular flexibility index (Phi) is 8.16. The number of amides is 1. The summed E-state index contributed by atoms with van der Waals surface area (Å²) in [5.41, 5.74) is -2.47. The molecule has 222 valence electrons. The fraction of sp³-hybridized carbons (Fsp3) is 0.357. The van der Waals surface area contributed by atoms with Gasteiger partial charge in [0, 0.05) is 62.7 Å². The van der Waals surface area contributed by atoms with Crippen LogP contribution in [-0.4, -0.2) is 78.7 Å². The molecule has 1 saturated heterocycles. The minimum absolute atomic E-state index is 0.0355. The van der Waals surface area contributed by atoms with E-state index < -0.39 is 40.7 Å². The van der Waals surface area contributed by atoms with E-state index in [1.165, 1.54) is 19.5 Å². The Morgan fingerprint density at radius 2 is 1.90 bits per heavy atom. The molecule has 0 bridgehead atoms. The molecule has 0 aliphatic carbocycles. The third-order valence-electron chi connectivity index (χ3n) is 7.55. The number of anilines is 3. The van der Waals surface area contributed by atoms with Crippen molar-refractivity contribution in [2.24, 2.45) is 0 Å². The number of halogens is 4. The summed E-state index contributed by atoms with van der Waals surface area (Å²) in [5.74, 6) is -2.17. The van der Waals surface area contributed by atoms with Crippen molar-refractivity contribution < 1.29 is 27.1 Å². The number of carbonyl (C=O) groups excluding carboxylic acids is 1. The molecular weight excluding hydrogens is 558 g/mol. The number of aromatic nitrogens is 3. The highest BCUT2D eigenvalue weighted by Crippen LogP contribution is 2.39. The fourth-order valence-corrected chi connectivity index (χ4v) is 5.05. The maximum absolute atomic E-state index is 16.4. The minimum atomic E-state index is -3.13. The first-order valence-electron chi connectivity index (χ1n) is 13.2. The molecule has 14 heteroatoms. The van der Waals surface area contributed by atoms with Gasteiger partial charge < -0.3 is 29.7 Å². The normalized spacial score (nSPS) is 17.5. The van der Waals surface area contributed by atoms with Gasteiger partial charge in [-0.3, -0.25) is 9.59 Å². The van der Waals surface area contributed by atoms with Crippen LogP contribution in [0.15, 0.2) is 41.6 Å². The second-order valence-corrected chi connectivity index (χ2v) is 10.2. The molecule has 1 aromatic carbocycles. The van der Waals surface area contributed by atoms with Crippen LogP contribution in [-0.2, 0) is 0 Å². The van der Waals surface area contributed by atoms with E-state index in [2.05, 4.69) is 25.2 Å². The van der Waals surface area contributed by atoms with E-state index in [9.17, 15) is 18.4 Å². The van der Waals surface area contributed by atoms with Crippen LogP contribution in [0.4, 0.5) is 34.9 Å². The predicted molar refractivity (Wildman–Crippen MR) is 149 cm³/mol. The molecule has 1 amide bonds. The van der Waals surface area contributed by atoms with Crippen LogP contribution < -0.4 is 25.4 Å². The monoisotopic (exact) mass is 587 g/mol. The third kappa shape index (κ3) is 5.66. The Bertz CT molecular complexity index is 1580. The van der Waals surface area contributed by atoms with Crippen molar-refractivity contribution in [2.75, 3.05) is 62.0 Å². The van der Waals surface area contributed by atoms with E-state index in [0.29, 0.717) is 43.0 Å². The van der Waals surface area contributed by atoms with Gasteiger partial charge in [-0.2, -0.15) is 0 Å². The highest BCUT2D eigenvalue weighted by Gasteiger charge is 2.31. The summed E-state index contributed by atoms with van der Waals surface area (Å²) in [6, 6.07) is 1.81. The Balaban J connectivity index is 1.53. The summed E-state index contributed by atoms with van der Waals surface area (Å²) in [7, 11) is 3.41. The van der Waals surface area contributed by atoms with Crippen LogP contribution in [0.5, 0.6) is 5.75 Å². The average Bonchev–Trinajstić information content (AvgIpc) is 3.45. The van der Waals surface area contributed by atoms with Crippen LogP contribution in [0, 0.1) is 11.6 Å². The SMILES string of the molecule is COc1cnc(N2CC=C(c3c(F)cc(N4CCN(C)C(C)C4)c(NC(=O)c4c[nH]c(=O)cc4C(F)F)c3F)C2)nc1. The second kappa shape index (κ2) is 11.8. The number of methoxy groups -OCH3 is 1. The molecule has 4 heterocycles. The number of hydrogen-bond acceptors (Lipinski definition) is 8. The number of ether oxygens (including phenoxy) is 1. The molecular formula is C28H29F4N7O3. The van der Waals surface area contributed by atoms with Gasteiger partial charge in [-0.05, 0) is 19.5 Å². The smallest absolute Gasteiger partial charge is 0.264 e. The predicted octanol–water partition coefficient (Wildman–Crippen LogP) is 3.69. The van der Waals surface area contributed by atoms with E-state index >= 15 is 8.78 Å². The number of piperazine rings is 1. The van der Waals surface area contributed by atoms with Gasteiger partial charge in [0.25, 0.3) is 12.3 Å². The lowest BCUT2D eigenvalue weighted by molar-refractivity contribution is 0.101. The molecule has 42 heavy (non-hydrogen) atoms. The third-order valence-corrected chi connectivity index (χ3v) is 7.55. The summed E-state index contributed by atoms with van der Waals surface area (Å²) in [6.45, 7) is 3.72. The van der Waals surface area contributed by atoms with Crippen molar-refractivity contribution in [3.05, 3.63) is 75.5 Å². The zero-order chi connectivity index (χ0) is 30.1. The highest BCUT2D eigenvalue weighted by atomic mass is 19.3. The van der Waals surface area contributed by atoms with Crippen LogP contribution in [0.25, 0.3) is 5.57 Å². The van der Waals surface area contributed by atoms with E-state index in [0.717, 1.165) is 12.3 Å². The van der Waals surface area contributed by atoms with E-state index in [4.69, 9.17) is 4.74 Å². The molecule has 10 nitrogen and oxygen atoms in total. The number of nitrogens with zero attached hydrogens (tertiary/aromatic N) is 5. The molecule has 5 rings (SSSR count). The van der Waals surface area contributed by atoms with Crippen molar-refractivity contribution >= 4 is 28.8 Å². The maximum Gasteiger partial charge on any atom is 0.264 e. The van der Waals surface area contributed by atoms with E-state index in [-0.39, 0.29) is 36.1 Å². The van der Waals surface area contributed by atoms with Crippen molar-refractivity contribution in [3.63, 3.8) is 0 Å². The number of hydrogen-bond donors (Lipinski definition) is 2. The van der Waals surface area contributed by atoms with E-state index in [1.54, 1.807) is 15.9 Å². The maximum atomic E-state index is 16.4. The molecule has 2 aliphatic heterocycles. The average molecular weight is 588 g/mol. The van der Waals surface area contributed by atoms with Gasteiger partial charge in [0.15, 0.2) is 11.6 Å². The number of rotatable bonds is 7. The molecule has 1 unspecified atom stereocenters. The number of carbonyl (C=O) groups is 1. The fourth-order valence-electron chi connectivity index (χ4n) is 5.05. The number of benzene rings is 1. The van der Waals surface area contributed by atoms with Crippen LogP contribution in [0.1, 0.15) is 34.8 Å². The molecule has 2 aliphatic rings. The first kappa shape index (κ1) is 29.0. The number of pyridine rings is 1. The number of aromatic amines is 1. The van der Waals surface area contributed by atoms with Gasteiger partial charge in [0.2, 0.25) is 11.5 Å². The van der Waals surface area contributed by atoms with Crippen molar-refractivity contribution in [1.82, 2.24) is 19.9 Å². The first-order chi connectivity index (χ1) is 20.1. The summed E-state index contributed by atoms with van der Waals surface area (Å²) < 4.78 is 64.6. The Morgan fingerprint density at radius 1 is 1.17 bits per heavy atom. The quantitative estimate of drug-likeness (QED) is 0.404. The van der Waals surface area contributed by atoms with Crippen LogP contribution in [0.2, 0.25) is 0 Å². The van der Waals surface area contributed by atoms with Gasteiger partial charge in [-0.1, -0.05) is 6.08 Å². The van der Waals surface area contributed by atoms with Gasteiger partial charge in [-0.15, -0.1) is 0 Å². The molecule has 3 aromatic rings. The molecule has 2 aromatic heterocycles. The molecule has 0 saturated carbocycles. The standard InChI is InChI=1S/C28H29F4N7O3/c1-15-13-38(7-6-37(15)2)21-9-20(29)23(16-4-5-39(14-16)28-34-10-17(42-3)11-35-28)24(30)25(21)36-27(41)19-12-33-22(40)8-18(19)26(31)32/h4,8-12,15,26H,5-7,13-14H2,1-3H3,(H,33,40)(H,36,41). The lowest BCUT2D eigenvalue weighted by atomic mass is 10.0. The van der Waals surface area contributed by atoms with Crippen LogP contribution in [0.3, 0.4) is 0 Å². The molecule has 2 N–H and O–H groups in total. The largest absolute Gasteiger partial charge is 0.494 e. The number of H-pyrrole nitrogens is 1. The molecule has 0 spiro atoms. The summed E-state index contributed by atoms with van der Waals surface area (Å²) in [6.07, 6.45) is 2.31. The second-order valence-electron chi connectivity index (χ2n) is 10.2. The van der Waals surface area contributed by atoms with E-state index in [1.807, 2.05) is 14.0 Å². The lowest BCUT2D eigenvalue weighted by Crippen LogP contribution is -2.50. The van der Waals surface area contributed by atoms with Crippen molar-refractivity contribution in [2.45, 2.75) is 19.4 Å². The summed E-state index contributed by atoms with van der Waals surface area (Å²) in [5, 5.41) is 2.41. The summed E-state index contributed by atoms with van der Waals surface area (Å²) in [4.78, 5) is 41.1. The van der Waals surface area contributed by atoms with Crippen LogP contribution >= 0.6 is 0 Å². The van der Waals surface area contributed by atoms with Gasteiger partial charge in [0.1, 0.15) is 11.5 Å². The zero-order valence-electron chi connectivity index (χ0n) is 23.1. The van der Waals surface area contributed by atoms with Gasteiger partial charge >= 0.3 is 0 Å². The highest BCUT2D eigenvalue weighted by molar-refractivity contribution is 6.07. The minimum Gasteiger partial charge on any atom is -0.494 e. The first-order valence-corrected chi connectivity index (χ1v) is 13.2. The number of alkyl halides is 2. The van der Waals surface area contributed by atoms with Gasteiger partial charge in [0.05, 0.1) is 36.3 Å². The van der Waals surface area contributed by atoms with Crippen molar-refractivity contribution in [3.8, 4) is 5.75 Å². The summed E-state index contributed by atoms with van der Waals surface area (Å²) >= 11 is 0. The Hall–Kier alpha value is -4.46. The Morgan fingerprint density at radius 3 is 2.57 bits per heavy atom. The molecule has 1 atom stereocenters.